The summed E-state index contributed by atoms with van der Waals surface area (Å²) in [6.45, 7) is 0.418. The molecule has 1 N–H and O–H groups in total. The highest BCUT2D eigenvalue weighted by Crippen LogP contribution is 2.15. The highest BCUT2D eigenvalue weighted by atomic mass is 32.2. The summed E-state index contributed by atoms with van der Waals surface area (Å²) in [7, 11) is -3.34. The molecule has 0 bridgehead atoms. The minimum atomic E-state index is -3.34. The Labute approximate surface area is 145 Å². The van der Waals surface area contributed by atoms with Crippen molar-refractivity contribution in [3.63, 3.8) is 0 Å². The Morgan fingerprint density at radius 2 is 1.92 bits per heavy atom. The van der Waals surface area contributed by atoms with Crippen molar-refractivity contribution in [3.8, 4) is 0 Å². The number of rotatable bonds is 7. The maximum Gasteiger partial charge on any atom is 0.251 e. The molecule has 24 heavy (non-hydrogen) atoms. The number of hydrogen-bond donors (Lipinski definition) is 1. The Hall–Kier alpha value is -1.86. The first-order chi connectivity index (χ1) is 11.4. The van der Waals surface area contributed by atoms with Crippen molar-refractivity contribution in [1.82, 2.24) is 5.32 Å². The van der Waals surface area contributed by atoms with Gasteiger partial charge in [-0.1, -0.05) is 24.3 Å². The van der Waals surface area contributed by atoms with E-state index < -0.39 is 9.84 Å². The summed E-state index contributed by atoms with van der Waals surface area (Å²) in [5, 5.41) is 2.73. The van der Waals surface area contributed by atoms with Gasteiger partial charge in [-0.2, -0.15) is 11.8 Å². The van der Waals surface area contributed by atoms with Gasteiger partial charge in [0.15, 0.2) is 9.84 Å². The number of amides is 1. The molecular formula is C17H18FNO3S2. The van der Waals surface area contributed by atoms with Crippen LogP contribution >= 0.6 is 11.8 Å². The maximum absolute atomic E-state index is 13.5. The van der Waals surface area contributed by atoms with Crippen LogP contribution in [0.3, 0.4) is 0 Å². The molecule has 0 heterocycles. The normalized spacial score (nSPS) is 11.2. The topological polar surface area (TPSA) is 63.2 Å². The van der Waals surface area contributed by atoms with E-state index in [0.29, 0.717) is 29.2 Å². The molecule has 0 radical (unpaired) electrons. The van der Waals surface area contributed by atoms with Crippen LogP contribution in [0.1, 0.15) is 15.9 Å². The van der Waals surface area contributed by atoms with E-state index in [9.17, 15) is 17.6 Å². The second-order valence-electron chi connectivity index (χ2n) is 5.20. The van der Waals surface area contributed by atoms with Crippen LogP contribution in [-0.4, -0.2) is 32.9 Å². The highest BCUT2D eigenvalue weighted by Gasteiger charge is 2.11. The molecule has 0 aromatic heterocycles. The van der Waals surface area contributed by atoms with Gasteiger partial charge in [-0.15, -0.1) is 0 Å². The van der Waals surface area contributed by atoms with Crippen LogP contribution in [0, 0.1) is 5.82 Å². The lowest BCUT2D eigenvalue weighted by atomic mass is 10.2. The van der Waals surface area contributed by atoms with Crippen molar-refractivity contribution in [2.24, 2.45) is 0 Å². The van der Waals surface area contributed by atoms with Gasteiger partial charge >= 0.3 is 0 Å². The molecule has 0 spiro atoms. The smallest absolute Gasteiger partial charge is 0.251 e. The van der Waals surface area contributed by atoms with Crippen LogP contribution < -0.4 is 5.32 Å². The fourth-order valence-corrected chi connectivity index (χ4v) is 3.52. The second kappa shape index (κ2) is 8.30. The molecule has 0 unspecified atom stereocenters. The van der Waals surface area contributed by atoms with Gasteiger partial charge in [0, 0.05) is 29.9 Å². The Kier molecular flexibility index (Phi) is 6.39. The van der Waals surface area contributed by atoms with Crippen molar-refractivity contribution in [2.45, 2.75) is 10.6 Å². The van der Waals surface area contributed by atoms with E-state index in [0.717, 1.165) is 6.26 Å². The number of sulfone groups is 1. The lowest BCUT2D eigenvalue weighted by Crippen LogP contribution is -2.25. The quantitative estimate of drug-likeness (QED) is 0.765. The summed E-state index contributed by atoms with van der Waals surface area (Å²) in [4.78, 5) is 12.2. The monoisotopic (exact) mass is 367 g/mol. The summed E-state index contributed by atoms with van der Waals surface area (Å²) in [5.74, 6) is 0.608. The zero-order valence-corrected chi connectivity index (χ0v) is 14.8. The second-order valence-corrected chi connectivity index (χ2v) is 8.32. The highest BCUT2D eigenvalue weighted by molar-refractivity contribution is 7.98. The predicted octanol–water partition coefficient (Wildman–Crippen LogP) is 2.89. The van der Waals surface area contributed by atoms with E-state index in [1.165, 1.54) is 36.0 Å². The molecule has 0 aliphatic rings. The largest absolute Gasteiger partial charge is 0.351 e. The molecule has 0 aliphatic heterocycles. The number of hydrogen-bond acceptors (Lipinski definition) is 4. The number of nitrogens with one attached hydrogen (secondary N) is 1. The molecule has 2 rings (SSSR count). The molecule has 4 nitrogen and oxygen atoms in total. The maximum atomic E-state index is 13.5. The fraction of sp³-hybridized carbons (Fsp3) is 0.235. The molecule has 128 valence electrons. The lowest BCUT2D eigenvalue weighted by Gasteiger charge is -2.07. The van der Waals surface area contributed by atoms with Crippen molar-refractivity contribution in [2.75, 3.05) is 18.6 Å². The summed E-state index contributed by atoms with van der Waals surface area (Å²) in [6.07, 6.45) is 1.10. The third-order valence-corrected chi connectivity index (χ3v) is 5.39. The molecule has 2 aromatic rings. The van der Waals surface area contributed by atoms with Crippen LogP contribution in [0.2, 0.25) is 0 Å². The van der Waals surface area contributed by atoms with Crippen LogP contribution in [0.15, 0.2) is 53.4 Å². The van der Waals surface area contributed by atoms with E-state index in [1.807, 2.05) is 0 Å². The van der Waals surface area contributed by atoms with Crippen LogP contribution in [0.4, 0.5) is 4.39 Å². The third kappa shape index (κ3) is 5.35. The summed E-state index contributed by atoms with van der Waals surface area (Å²) in [6, 6.07) is 12.5. The number of halogens is 1. The zero-order valence-electron chi connectivity index (χ0n) is 13.2. The minimum Gasteiger partial charge on any atom is -0.351 e. The molecular weight excluding hydrogens is 349 g/mol. The van der Waals surface area contributed by atoms with Gasteiger partial charge in [-0.05, 0) is 29.8 Å². The molecule has 1 amide bonds. The Morgan fingerprint density at radius 1 is 1.17 bits per heavy atom. The van der Waals surface area contributed by atoms with Gasteiger partial charge in [0.25, 0.3) is 5.91 Å². The third-order valence-electron chi connectivity index (χ3n) is 3.27. The first kappa shape index (κ1) is 18.5. The van der Waals surface area contributed by atoms with E-state index >= 15 is 0 Å². The van der Waals surface area contributed by atoms with Crippen molar-refractivity contribution >= 4 is 27.5 Å². The summed E-state index contributed by atoms with van der Waals surface area (Å²) < 4.78 is 36.5. The SMILES string of the molecule is CS(=O)(=O)c1cccc(C(=O)NCCSCc2ccccc2F)c1. The Balaban J connectivity index is 1.81. The van der Waals surface area contributed by atoms with Crippen molar-refractivity contribution < 1.29 is 17.6 Å². The minimum absolute atomic E-state index is 0.115. The number of carbonyl (C=O) groups excluding carboxylic acids is 1. The molecule has 0 saturated carbocycles. The van der Waals surface area contributed by atoms with Crippen molar-refractivity contribution in [1.29, 1.82) is 0 Å². The first-order valence-corrected chi connectivity index (χ1v) is 10.3. The van der Waals surface area contributed by atoms with Gasteiger partial charge in [0.05, 0.1) is 4.90 Å². The zero-order chi connectivity index (χ0) is 17.6. The van der Waals surface area contributed by atoms with Gasteiger partial charge in [-0.3, -0.25) is 4.79 Å². The number of thioether (sulfide) groups is 1. The van der Waals surface area contributed by atoms with Gasteiger partial charge in [0.2, 0.25) is 0 Å². The van der Waals surface area contributed by atoms with E-state index in [4.69, 9.17) is 0 Å². The van der Waals surface area contributed by atoms with Gasteiger partial charge in [-0.25, -0.2) is 12.8 Å². The first-order valence-electron chi connectivity index (χ1n) is 7.27. The predicted molar refractivity (Wildman–Crippen MR) is 94.4 cm³/mol. The molecule has 2 aromatic carbocycles. The van der Waals surface area contributed by atoms with E-state index in [1.54, 1.807) is 24.3 Å². The number of benzene rings is 2. The standard InChI is InChI=1S/C17H18FNO3S2/c1-24(21,22)15-7-4-6-13(11-15)17(20)19-9-10-23-12-14-5-2-3-8-16(14)18/h2-8,11H,9-10,12H2,1H3,(H,19,20). The molecule has 0 atom stereocenters. The van der Waals surface area contributed by atoms with Gasteiger partial charge < -0.3 is 5.32 Å². The Bertz CT molecular complexity index is 822. The average molecular weight is 367 g/mol. The average Bonchev–Trinajstić information content (AvgIpc) is 2.55. The summed E-state index contributed by atoms with van der Waals surface area (Å²) >= 11 is 1.51. The number of carbonyl (C=O) groups is 1. The molecule has 0 fully saturated rings. The van der Waals surface area contributed by atoms with E-state index in [-0.39, 0.29) is 16.6 Å². The lowest BCUT2D eigenvalue weighted by molar-refractivity contribution is 0.0956. The Morgan fingerprint density at radius 3 is 2.62 bits per heavy atom. The van der Waals surface area contributed by atoms with E-state index in [2.05, 4.69) is 5.32 Å². The molecule has 0 aliphatic carbocycles. The van der Waals surface area contributed by atoms with Crippen LogP contribution in [0.5, 0.6) is 0 Å². The molecule has 7 heteroatoms. The van der Waals surface area contributed by atoms with Crippen LogP contribution in [-0.2, 0) is 15.6 Å². The molecule has 0 saturated heterocycles. The summed E-state index contributed by atoms with van der Waals surface area (Å²) in [5.41, 5.74) is 0.937. The van der Waals surface area contributed by atoms with Crippen LogP contribution in [0.25, 0.3) is 0 Å². The van der Waals surface area contributed by atoms with Gasteiger partial charge in [0.1, 0.15) is 5.82 Å². The fourth-order valence-electron chi connectivity index (χ4n) is 2.00. The van der Waals surface area contributed by atoms with Crippen molar-refractivity contribution in [3.05, 3.63) is 65.5 Å².